The van der Waals surface area contributed by atoms with E-state index in [0.29, 0.717) is 18.1 Å². The largest absolute Gasteiger partial charge is 0.303 e. The van der Waals surface area contributed by atoms with Crippen LogP contribution in [0.1, 0.15) is 32.4 Å². The summed E-state index contributed by atoms with van der Waals surface area (Å²) in [6.45, 7) is 7.71. The Morgan fingerprint density at radius 3 is 2.59 bits per heavy atom. The van der Waals surface area contributed by atoms with Crippen molar-refractivity contribution in [2.45, 2.75) is 33.1 Å². The lowest BCUT2D eigenvalue weighted by molar-refractivity contribution is -0.123. The molecule has 1 fully saturated rings. The SMILES string of the molecule is CC(C)CN1CCC(C(=O)Cc2cc3cc(-c4cnn(C)c4)ccc3cn2)CC1. The number of fused-ring (bicyclic) bond motifs is 1. The minimum absolute atomic E-state index is 0.178. The van der Waals surface area contributed by atoms with Crippen LogP contribution >= 0.6 is 0 Å². The van der Waals surface area contributed by atoms with E-state index in [2.05, 4.69) is 53.1 Å². The second-order valence-electron chi connectivity index (χ2n) is 8.75. The molecule has 1 aromatic carbocycles. The van der Waals surface area contributed by atoms with Gasteiger partial charge in [-0.25, -0.2) is 0 Å². The van der Waals surface area contributed by atoms with E-state index in [1.54, 1.807) is 0 Å². The standard InChI is InChI=1S/C24H30N4O/c1-17(2)15-28-8-6-18(7-9-28)24(29)12-23-11-21-10-19(4-5-20(21)13-25-23)22-14-26-27(3)16-22/h4-5,10-11,13-14,16-18H,6-9,12,15H2,1-3H3. The fraction of sp³-hybridized carbons (Fsp3) is 0.458. The molecule has 0 amide bonds. The summed E-state index contributed by atoms with van der Waals surface area (Å²) in [5.74, 6) is 1.20. The number of hydrogen-bond donors (Lipinski definition) is 0. The van der Waals surface area contributed by atoms with Crippen LogP contribution in [-0.4, -0.2) is 45.1 Å². The van der Waals surface area contributed by atoms with Crippen LogP contribution in [0, 0.1) is 11.8 Å². The summed E-state index contributed by atoms with van der Waals surface area (Å²) >= 11 is 0. The minimum atomic E-state index is 0.178. The van der Waals surface area contributed by atoms with Gasteiger partial charge in [0.05, 0.1) is 6.20 Å². The molecule has 0 bridgehead atoms. The van der Waals surface area contributed by atoms with Gasteiger partial charge in [0.15, 0.2) is 0 Å². The molecule has 0 aliphatic carbocycles. The quantitative estimate of drug-likeness (QED) is 0.635. The number of likely N-dealkylation sites (tertiary alicyclic amines) is 1. The maximum absolute atomic E-state index is 12.9. The third kappa shape index (κ3) is 4.73. The molecule has 0 atom stereocenters. The number of carbonyl (C=O) groups is 1. The maximum Gasteiger partial charge on any atom is 0.142 e. The molecule has 0 unspecified atom stereocenters. The number of Topliss-reactive ketones (excluding diaryl/α,β-unsaturated/α-hetero) is 1. The summed E-state index contributed by atoms with van der Waals surface area (Å²) in [4.78, 5) is 19.9. The molecular formula is C24H30N4O. The van der Waals surface area contributed by atoms with Crippen LogP contribution < -0.4 is 0 Å². The van der Waals surface area contributed by atoms with Crippen molar-refractivity contribution in [3.63, 3.8) is 0 Å². The summed E-state index contributed by atoms with van der Waals surface area (Å²) < 4.78 is 1.81. The van der Waals surface area contributed by atoms with Crippen molar-refractivity contribution in [3.8, 4) is 11.1 Å². The zero-order valence-electron chi connectivity index (χ0n) is 17.6. The molecule has 29 heavy (non-hydrogen) atoms. The van der Waals surface area contributed by atoms with Crippen LogP contribution in [0.4, 0.5) is 0 Å². The number of carbonyl (C=O) groups excluding carboxylic acids is 1. The number of pyridine rings is 1. The van der Waals surface area contributed by atoms with E-state index >= 15 is 0 Å². The average Bonchev–Trinajstić information content (AvgIpc) is 3.14. The molecule has 5 heteroatoms. The van der Waals surface area contributed by atoms with E-state index in [-0.39, 0.29) is 5.92 Å². The zero-order valence-corrected chi connectivity index (χ0v) is 17.6. The highest BCUT2D eigenvalue weighted by molar-refractivity contribution is 5.88. The van der Waals surface area contributed by atoms with Gasteiger partial charge in [-0.2, -0.15) is 5.10 Å². The molecule has 4 rings (SSSR count). The fourth-order valence-corrected chi connectivity index (χ4v) is 4.31. The fourth-order valence-electron chi connectivity index (χ4n) is 4.31. The smallest absolute Gasteiger partial charge is 0.142 e. The van der Waals surface area contributed by atoms with E-state index in [9.17, 15) is 4.79 Å². The molecule has 0 N–H and O–H groups in total. The highest BCUT2D eigenvalue weighted by atomic mass is 16.1. The Morgan fingerprint density at radius 1 is 1.10 bits per heavy atom. The van der Waals surface area contributed by atoms with Crippen molar-refractivity contribution >= 4 is 16.6 Å². The lowest BCUT2D eigenvalue weighted by Crippen LogP contribution is -2.38. The Morgan fingerprint density at radius 2 is 1.90 bits per heavy atom. The number of nitrogens with zero attached hydrogens (tertiary/aromatic N) is 4. The van der Waals surface area contributed by atoms with Gasteiger partial charge in [0.25, 0.3) is 0 Å². The molecule has 2 aromatic heterocycles. The second kappa shape index (κ2) is 8.46. The predicted octanol–water partition coefficient (Wildman–Crippen LogP) is 4.11. The molecule has 0 radical (unpaired) electrons. The molecule has 0 saturated carbocycles. The van der Waals surface area contributed by atoms with Crippen molar-refractivity contribution in [1.82, 2.24) is 19.7 Å². The van der Waals surface area contributed by atoms with Crippen LogP contribution in [-0.2, 0) is 18.3 Å². The highest BCUT2D eigenvalue weighted by Gasteiger charge is 2.25. The number of ketones is 1. The topological polar surface area (TPSA) is 51.0 Å². The van der Waals surface area contributed by atoms with Crippen molar-refractivity contribution in [2.75, 3.05) is 19.6 Å². The van der Waals surface area contributed by atoms with Gasteiger partial charge in [0.2, 0.25) is 0 Å². The van der Waals surface area contributed by atoms with Crippen molar-refractivity contribution in [3.05, 3.63) is 48.5 Å². The monoisotopic (exact) mass is 390 g/mol. The Balaban J connectivity index is 1.44. The number of rotatable bonds is 6. The highest BCUT2D eigenvalue weighted by Crippen LogP contribution is 2.25. The van der Waals surface area contributed by atoms with Crippen LogP contribution in [0.25, 0.3) is 21.9 Å². The van der Waals surface area contributed by atoms with Gasteiger partial charge in [-0.1, -0.05) is 26.0 Å². The second-order valence-corrected chi connectivity index (χ2v) is 8.75. The van der Waals surface area contributed by atoms with E-state index in [4.69, 9.17) is 0 Å². The first kappa shape index (κ1) is 19.8. The summed E-state index contributed by atoms with van der Waals surface area (Å²) in [5, 5.41) is 6.47. The van der Waals surface area contributed by atoms with Crippen LogP contribution in [0.2, 0.25) is 0 Å². The number of benzene rings is 1. The zero-order chi connectivity index (χ0) is 20.4. The Hall–Kier alpha value is -2.53. The normalized spacial score (nSPS) is 16.0. The van der Waals surface area contributed by atoms with Gasteiger partial charge in [-0.3, -0.25) is 14.5 Å². The third-order valence-corrected chi connectivity index (χ3v) is 5.84. The van der Waals surface area contributed by atoms with E-state index in [0.717, 1.165) is 60.1 Å². The minimum Gasteiger partial charge on any atom is -0.303 e. The van der Waals surface area contributed by atoms with Crippen LogP contribution in [0.3, 0.4) is 0 Å². The lowest BCUT2D eigenvalue weighted by Gasteiger charge is -2.32. The van der Waals surface area contributed by atoms with Gasteiger partial charge in [0, 0.05) is 55.0 Å². The summed E-state index contributed by atoms with van der Waals surface area (Å²) in [5.41, 5.74) is 3.10. The van der Waals surface area contributed by atoms with E-state index < -0.39 is 0 Å². The average molecular weight is 391 g/mol. The molecule has 3 heterocycles. The van der Waals surface area contributed by atoms with Crippen LogP contribution in [0.15, 0.2) is 42.9 Å². The molecule has 1 aliphatic heterocycles. The molecule has 3 aromatic rings. The summed E-state index contributed by atoms with van der Waals surface area (Å²) in [6.07, 6.45) is 8.16. The molecule has 0 spiro atoms. The molecule has 1 saturated heterocycles. The van der Waals surface area contributed by atoms with Crippen molar-refractivity contribution in [2.24, 2.45) is 18.9 Å². The lowest BCUT2D eigenvalue weighted by atomic mass is 9.89. The number of hydrogen-bond acceptors (Lipinski definition) is 4. The van der Waals surface area contributed by atoms with E-state index in [1.807, 2.05) is 30.3 Å². The molecule has 1 aliphatic rings. The number of aryl methyl sites for hydroxylation is 1. The summed E-state index contributed by atoms with van der Waals surface area (Å²) in [7, 11) is 1.92. The first-order valence-corrected chi connectivity index (χ1v) is 10.6. The molecular weight excluding hydrogens is 360 g/mol. The first-order valence-electron chi connectivity index (χ1n) is 10.6. The van der Waals surface area contributed by atoms with Gasteiger partial charge >= 0.3 is 0 Å². The van der Waals surface area contributed by atoms with Crippen LogP contribution in [0.5, 0.6) is 0 Å². The Labute approximate surface area is 172 Å². The maximum atomic E-state index is 12.9. The van der Waals surface area contributed by atoms with Gasteiger partial charge < -0.3 is 4.90 Å². The Bertz CT molecular complexity index is 999. The summed E-state index contributed by atoms with van der Waals surface area (Å²) in [6, 6.07) is 8.41. The van der Waals surface area contributed by atoms with Gasteiger partial charge in [-0.05, 0) is 54.9 Å². The van der Waals surface area contributed by atoms with Gasteiger partial charge in [-0.15, -0.1) is 0 Å². The Kier molecular flexibility index (Phi) is 5.76. The van der Waals surface area contributed by atoms with Crippen molar-refractivity contribution < 1.29 is 4.79 Å². The van der Waals surface area contributed by atoms with E-state index in [1.165, 1.54) is 0 Å². The third-order valence-electron chi connectivity index (χ3n) is 5.84. The number of piperidine rings is 1. The first-order chi connectivity index (χ1) is 14.0. The van der Waals surface area contributed by atoms with Crippen molar-refractivity contribution in [1.29, 1.82) is 0 Å². The molecule has 5 nitrogen and oxygen atoms in total. The van der Waals surface area contributed by atoms with Gasteiger partial charge in [0.1, 0.15) is 5.78 Å². The number of aromatic nitrogens is 3. The molecule has 152 valence electrons. The predicted molar refractivity (Wildman–Crippen MR) is 117 cm³/mol.